The normalized spacial score (nSPS) is 22.1. The van der Waals surface area contributed by atoms with Crippen LogP contribution in [0.1, 0.15) is 61.1 Å². The van der Waals surface area contributed by atoms with Crippen LogP contribution in [0.4, 0.5) is 0 Å². The van der Waals surface area contributed by atoms with Gasteiger partial charge in [0.05, 0.1) is 12.1 Å². The second-order valence-electron chi connectivity index (χ2n) is 6.99. The lowest BCUT2D eigenvalue weighted by atomic mass is 9.95. The lowest BCUT2D eigenvalue weighted by Gasteiger charge is -2.21. The van der Waals surface area contributed by atoms with Gasteiger partial charge in [-0.3, -0.25) is 4.79 Å². The molecule has 1 saturated heterocycles. The van der Waals surface area contributed by atoms with Gasteiger partial charge in [-0.15, -0.1) is 11.3 Å². The van der Waals surface area contributed by atoms with Crippen LogP contribution in [0.3, 0.4) is 0 Å². The Labute approximate surface area is 159 Å². The van der Waals surface area contributed by atoms with Crippen LogP contribution in [-0.4, -0.2) is 24.7 Å². The second-order valence-corrected chi connectivity index (χ2v) is 7.97. The predicted molar refractivity (Wildman–Crippen MR) is 106 cm³/mol. The van der Waals surface area contributed by atoms with Crippen molar-refractivity contribution < 1.29 is 9.53 Å². The molecule has 5 heteroatoms. The van der Waals surface area contributed by atoms with Crippen LogP contribution in [0, 0.1) is 0 Å². The number of thiophene rings is 1. The molecular formula is C21H28N2O2S. The van der Waals surface area contributed by atoms with E-state index >= 15 is 0 Å². The van der Waals surface area contributed by atoms with Gasteiger partial charge in [-0.2, -0.15) is 0 Å². The molecule has 140 valence electrons. The van der Waals surface area contributed by atoms with Crippen molar-refractivity contribution in [2.75, 3.05) is 6.54 Å². The van der Waals surface area contributed by atoms with Crippen molar-refractivity contribution in [3.05, 3.63) is 57.8 Å². The van der Waals surface area contributed by atoms with E-state index in [1.54, 1.807) is 11.3 Å². The van der Waals surface area contributed by atoms with E-state index in [2.05, 4.69) is 49.5 Å². The van der Waals surface area contributed by atoms with Gasteiger partial charge in [-0.05, 0) is 47.8 Å². The summed E-state index contributed by atoms with van der Waals surface area (Å²) >= 11 is 1.65. The van der Waals surface area contributed by atoms with Crippen LogP contribution in [0.25, 0.3) is 0 Å². The molecule has 1 aromatic carbocycles. The van der Waals surface area contributed by atoms with E-state index in [9.17, 15) is 4.79 Å². The maximum Gasteiger partial charge on any atom is 0.249 e. The molecule has 1 fully saturated rings. The fourth-order valence-electron chi connectivity index (χ4n) is 3.33. The monoisotopic (exact) mass is 372 g/mol. The molecule has 1 aliphatic rings. The first-order valence-electron chi connectivity index (χ1n) is 9.41. The first-order chi connectivity index (χ1) is 12.6. The van der Waals surface area contributed by atoms with Gasteiger partial charge in [0.25, 0.3) is 0 Å². The zero-order chi connectivity index (χ0) is 18.5. The summed E-state index contributed by atoms with van der Waals surface area (Å²) in [5.41, 5.74) is 8.09. The predicted octanol–water partition coefficient (Wildman–Crippen LogP) is 3.97. The molecule has 2 unspecified atom stereocenters. The number of hydrogen-bond donors (Lipinski definition) is 2. The average molecular weight is 373 g/mol. The van der Waals surface area contributed by atoms with Gasteiger partial charge in [-0.1, -0.05) is 44.2 Å². The van der Waals surface area contributed by atoms with E-state index in [1.165, 1.54) is 5.56 Å². The summed E-state index contributed by atoms with van der Waals surface area (Å²) in [5.74, 6) is 0.490. The van der Waals surface area contributed by atoms with Crippen molar-refractivity contribution >= 4 is 17.2 Å². The number of hydrogen-bond acceptors (Lipinski definition) is 4. The number of nitrogens with two attached hydrogens (primary N) is 1. The van der Waals surface area contributed by atoms with Gasteiger partial charge < -0.3 is 15.8 Å². The van der Waals surface area contributed by atoms with Crippen LogP contribution in [0.2, 0.25) is 0 Å². The molecule has 26 heavy (non-hydrogen) atoms. The Morgan fingerprint density at radius 2 is 2.00 bits per heavy atom. The first-order valence-corrected chi connectivity index (χ1v) is 10.3. The summed E-state index contributed by atoms with van der Waals surface area (Å²) < 4.78 is 5.76. The minimum atomic E-state index is -0.398. The van der Waals surface area contributed by atoms with E-state index in [1.807, 2.05) is 11.4 Å². The number of amides is 1. The largest absolute Gasteiger partial charge is 0.364 e. The average Bonchev–Trinajstić information content (AvgIpc) is 3.37. The van der Waals surface area contributed by atoms with Crippen molar-refractivity contribution in [1.29, 1.82) is 0 Å². The van der Waals surface area contributed by atoms with Gasteiger partial charge in [-0.25, -0.2) is 0 Å². The SMILES string of the molecule is CCC(C)c1ccc(C(NC(=O)[C@@H]2CC[C@H](CN)O2)c2cccs2)cc1. The molecule has 0 radical (unpaired) electrons. The number of carbonyl (C=O) groups is 1. The third-order valence-electron chi connectivity index (χ3n) is 5.23. The molecule has 3 rings (SSSR count). The highest BCUT2D eigenvalue weighted by atomic mass is 32.1. The van der Waals surface area contributed by atoms with E-state index in [0.29, 0.717) is 12.5 Å². The topological polar surface area (TPSA) is 64.4 Å². The standard InChI is InChI=1S/C21H28N2O2S/c1-3-14(2)15-6-8-16(9-7-15)20(19-5-4-12-26-19)23-21(24)18-11-10-17(13-22)25-18/h4-9,12,14,17-18,20H,3,10-11,13,22H2,1-2H3,(H,23,24)/t14?,17-,18+,20?/m1/s1. The Morgan fingerprint density at radius 1 is 1.27 bits per heavy atom. The van der Waals surface area contributed by atoms with Gasteiger partial charge in [0.15, 0.2) is 0 Å². The van der Waals surface area contributed by atoms with Crippen LogP contribution in [-0.2, 0) is 9.53 Å². The minimum absolute atomic E-state index is 0.000697. The minimum Gasteiger partial charge on any atom is -0.364 e. The molecule has 4 atom stereocenters. The van der Waals surface area contributed by atoms with Crippen LogP contribution < -0.4 is 11.1 Å². The zero-order valence-corrected chi connectivity index (χ0v) is 16.3. The van der Waals surface area contributed by atoms with Crippen LogP contribution >= 0.6 is 11.3 Å². The van der Waals surface area contributed by atoms with E-state index in [4.69, 9.17) is 10.5 Å². The molecule has 4 nitrogen and oxygen atoms in total. The van der Waals surface area contributed by atoms with Crippen LogP contribution in [0.15, 0.2) is 41.8 Å². The molecular weight excluding hydrogens is 344 g/mol. The molecule has 3 N–H and O–H groups in total. The summed E-state index contributed by atoms with van der Waals surface area (Å²) in [6.45, 7) is 4.90. The van der Waals surface area contributed by atoms with E-state index in [-0.39, 0.29) is 18.1 Å². The second kappa shape index (κ2) is 8.80. The maximum absolute atomic E-state index is 12.7. The summed E-state index contributed by atoms with van der Waals surface area (Å²) in [7, 11) is 0. The number of nitrogens with one attached hydrogen (secondary N) is 1. The molecule has 1 aliphatic heterocycles. The summed E-state index contributed by atoms with van der Waals surface area (Å²) in [5, 5.41) is 5.23. The lowest BCUT2D eigenvalue weighted by molar-refractivity contribution is -0.132. The molecule has 0 aliphatic carbocycles. The fraction of sp³-hybridized carbons (Fsp3) is 0.476. The first kappa shape index (κ1) is 19.1. The molecule has 0 bridgehead atoms. The summed E-state index contributed by atoms with van der Waals surface area (Å²) in [6, 6.07) is 12.5. The van der Waals surface area contributed by atoms with Crippen molar-refractivity contribution in [3.8, 4) is 0 Å². The Kier molecular flexibility index (Phi) is 6.46. The highest BCUT2D eigenvalue weighted by Gasteiger charge is 2.31. The Hall–Kier alpha value is -1.69. The number of rotatable bonds is 7. The Morgan fingerprint density at radius 3 is 2.58 bits per heavy atom. The van der Waals surface area contributed by atoms with Crippen LogP contribution in [0.5, 0.6) is 0 Å². The summed E-state index contributed by atoms with van der Waals surface area (Å²) in [4.78, 5) is 13.9. The molecule has 2 heterocycles. The van der Waals surface area contributed by atoms with Crippen molar-refractivity contribution in [1.82, 2.24) is 5.32 Å². The summed E-state index contributed by atoms with van der Waals surface area (Å²) in [6.07, 6.45) is 2.30. The number of carbonyl (C=O) groups excluding carboxylic acids is 1. The molecule has 1 aromatic heterocycles. The van der Waals surface area contributed by atoms with Crippen molar-refractivity contribution in [2.24, 2.45) is 5.73 Å². The third-order valence-corrected chi connectivity index (χ3v) is 6.17. The highest BCUT2D eigenvalue weighted by Crippen LogP contribution is 2.29. The molecule has 0 saturated carbocycles. The van der Waals surface area contributed by atoms with Gasteiger partial charge in [0.1, 0.15) is 6.10 Å². The maximum atomic E-state index is 12.7. The van der Waals surface area contributed by atoms with Crippen molar-refractivity contribution in [3.63, 3.8) is 0 Å². The lowest BCUT2D eigenvalue weighted by Crippen LogP contribution is -2.38. The smallest absolute Gasteiger partial charge is 0.249 e. The quantitative estimate of drug-likeness (QED) is 0.773. The zero-order valence-electron chi connectivity index (χ0n) is 15.5. The number of benzene rings is 1. The fourth-order valence-corrected chi connectivity index (χ4v) is 4.14. The molecule has 0 spiro atoms. The highest BCUT2D eigenvalue weighted by molar-refractivity contribution is 7.10. The third kappa shape index (κ3) is 4.34. The molecule has 1 amide bonds. The van der Waals surface area contributed by atoms with Gasteiger partial charge in [0, 0.05) is 11.4 Å². The van der Waals surface area contributed by atoms with E-state index in [0.717, 1.165) is 29.7 Å². The van der Waals surface area contributed by atoms with Crippen molar-refractivity contribution in [2.45, 2.75) is 57.3 Å². The Bertz CT molecular complexity index is 699. The molecule has 2 aromatic rings. The van der Waals surface area contributed by atoms with E-state index < -0.39 is 6.10 Å². The number of ether oxygens (including phenoxy) is 1. The Balaban J connectivity index is 1.77. The van der Waals surface area contributed by atoms with Gasteiger partial charge >= 0.3 is 0 Å². The van der Waals surface area contributed by atoms with Gasteiger partial charge in [0.2, 0.25) is 5.91 Å².